The molecule has 0 aliphatic rings. The smallest absolute Gasteiger partial charge is 0.230 e. The maximum atomic E-state index is 12.6. The van der Waals surface area contributed by atoms with Gasteiger partial charge in [0.15, 0.2) is 11.5 Å². The monoisotopic (exact) mass is 411 g/mol. The molecule has 0 aliphatic carbocycles. The van der Waals surface area contributed by atoms with E-state index in [4.69, 9.17) is 18.9 Å². The van der Waals surface area contributed by atoms with Gasteiger partial charge in [-0.2, -0.15) is 5.10 Å². The third kappa shape index (κ3) is 4.65. The highest BCUT2D eigenvalue weighted by Crippen LogP contribution is 2.31. The minimum Gasteiger partial charge on any atom is -0.497 e. The second kappa shape index (κ2) is 9.69. The third-order valence-electron chi connectivity index (χ3n) is 4.63. The number of anilines is 1. The summed E-state index contributed by atoms with van der Waals surface area (Å²) < 4.78 is 23.1. The van der Waals surface area contributed by atoms with Crippen LogP contribution in [0.4, 0.5) is 5.82 Å². The van der Waals surface area contributed by atoms with Gasteiger partial charge in [0.25, 0.3) is 0 Å². The lowest BCUT2D eigenvalue weighted by Gasteiger charge is -2.14. The number of rotatable bonds is 9. The molecule has 0 saturated carbocycles. The van der Waals surface area contributed by atoms with Crippen LogP contribution in [0.25, 0.3) is 0 Å². The van der Waals surface area contributed by atoms with Gasteiger partial charge in [0.2, 0.25) is 5.91 Å². The number of methoxy groups -OCH3 is 4. The standard InChI is InChI=1S/C22H25N3O5/c1-27-17-9-8-15(19(13-17)29-3)12-21(26)24-20-10-11-23-25(20)14-16-6-5-7-18(28-2)22(16)30-4/h5-11,13H,12,14H2,1-4H3,(H,24,26). The first-order chi connectivity index (χ1) is 14.6. The Bertz CT molecular complexity index is 1020. The number of hydrogen-bond acceptors (Lipinski definition) is 6. The predicted octanol–water partition coefficient (Wildman–Crippen LogP) is 3.15. The van der Waals surface area contributed by atoms with Crippen LogP contribution in [0.1, 0.15) is 11.1 Å². The van der Waals surface area contributed by atoms with E-state index in [1.165, 1.54) is 0 Å². The van der Waals surface area contributed by atoms with Crippen molar-refractivity contribution in [2.24, 2.45) is 0 Å². The van der Waals surface area contributed by atoms with E-state index in [0.29, 0.717) is 35.4 Å². The molecule has 1 heterocycles. The van der Waals surface area contributed by atoms with Crippen LogP contribution in [0, 0.1) is 0 Å². The Morgan fingerprint density at radius 2 is 1.73 bits per heavy atom. The van der Waals surface area contributed by atoms with Crippen LogP contribution in [-0.4, -0.2) is 44.1 Å². The zero-order chi connectivity index (χ0) is 21.5. The summed E-state index contributed by atoms with van der Waals surface area (Å²) in [4.78, 5) is 12.6. The van der Waals surface area contributed by atoms with Crippen molar-refractivity contribution in [3.63, 3.8) is 0 Å². The molecule has 2 aromatic carbocycles. The number of amides is 1. The largest absolute Gasteiger partial charge is 0.497 e. The summed E-state index contributed by atoms with van der Waals surface area (Å²) in [6.07, 6.45) is 1.79. The Morgan fingerprint density at radius 1 is 0.933 bits per heavy atom. The average molecular weight is 411 g/mol. The lowest BCUT2D eigenvalue weighted by atomic mass is 10.1. The van der Waals surface area contributed by atoms with Crippen molar-refractivity contribution < 1.29 is 23.7 Å². The molecule has 158 valence electrons. The van der Waals surface area contributed by atoms with Gasteiger partial charge in [0, 0.05) is 23.3 Å². The summed E-state index contributed by atoms with van der Waals surface area (Å²) in [5, 5.41) is 7.23. The molecule has 3 rings (SSSR count). The molecule has 8 nitrogen and oxygen atoms in total. The van der Waals surface area contributed by atoms with Gasteiger partial charge in [0.1, 0.15) is 17.3 Å². The van der Waals surface area contributed by atoms with Crippen molar-refractivity contribution >= 4 is 11.7 Å². The van der Waals surface area contributed by atoms with Crippen molar-refractivity contribution in [1.82, 2.24) is 9.78 Å². The molecule has 0 spiro atoms. The number of ether oxygens (including phenoxy) is 4. The van der Waals surface area contributed by atoms with Crippen LogP contribution >= 0.6 is 0 Å². The van der Waals surface area contributed by atoms with Gasteiger partial charge in [-0.15, -0.1) is 0 Å². The Balaban J connectivity index is 1.74. The number of hydrogen-bond donors (Lipinski definition) is 1. The summed E-state index contributed by atoms with van der Waals surface area (Å²) in [5.41, 5.74) is 1.64. The van der Waals surface area contributed by atoms with Crippen LogP contribution < -0.4 is 24.3 Å². The first-order valence-electron chi connectivity index (χ1n) is 9.32. The summed E-state index contributed by atoms with van der Waals surface area (Å²) >= 11 is 0. The van der Waals surface area contributed by atoms with Gasteiger partial charge in [0.05, 0.1) is 47.6 Å². The van der Waals surface area contributed by atoms with Crippen molar-refractivity contribution in [2.45, 2.75) is 13.0 Å². The van der Waals surface area contributed by atoms with E-state index >= 15 is 0 Å². The zero-order valence-corrected chi connectivity index (χ0v) is 17.5. The van der Waals surface area contributed by atoms with Crippen LogP contribution in [0.5, 0.6) is 23.0 Å². The highest BCUT2D eigenvalue weighted by molar-refractivity contribution is 5.91. The van der Waals surface area contributed by atoms with E-state index in [1.807, 2.05) is 24.3 Å². The Hall–Kier alpha value is -3.68. The van der Waals surface area contributed by atoms with E-state index in [9.17, 15) is 4.79 Å². The number of nitrogens with one attached hydrogen (secondary N) is 1. The minimum atomic E-state index is -0.183. The number of para-hydroxylation sites is 1. The number of carbonyl (C=O) groups excluding carboxylic acids is 1. The molecular weight excluding hydrogens is 386 g/mol. The fourth-order valence-electron chi connectivity index (χ4n) is 3.16. The Morgan fingerprint density at radius 3 is 2.43 bits per heavy atom. The molecule has 1 amide bonds. The summed E-state index contributed by atoms with van der Waals surface area (Å²) in [7, 11) is 6.33. The molecular formula is C22H25N3O5. The fourth-order valence-corrected chi connectivity index (χ4v) is 3.16. The molecule has 3 aromatic rings. The van der Waals surface area contributed by atoms with E-state index in [-0.39, 0.29) is 12.3 Å². The lowest BCUT2D eigenvalue weighted by Crippen LogP contribution is -2.18. The average Bonchev–Trinajstić information content (AvgIpc) is 3.19. The van der Waals surface area contributed by atoms with Crippen LogP contribution in [0.15, 0.2) is 48.7 Å². The molecule has 1 N–H and O–H groups in total. The maximum absolute atomic E-state index is 12.6. The second-order valence-electron chi connectivity index (χ2n) is 6.43. The van der Waals surface area contributed by atoms with E-state index in [1.54, 1.807) is 57.5 Å². The molecule has 0 radical (unpaired) electrons. The van der Waals surface area contributed by atoms with Crippen LogP contribution in [-0.2, 0) is 17.8 Å². The SMILES string of the molecule is COc1ccc(CC(=O)Nc2ccnn2Cc2cccc(OC)c2OC)c(OC)c1. The lowest BCUT2D eigenvalue weighted by molar-refractivity contribution is -0.115. The maximum Gasteiger partial charge on any atom is 0.230 e. The number of carbonyl (C=O) groups is 1. The van der Waals surface area contributed by atoms with Crippen LogP contribution in [0.3, 0.4) is 0 Å². The molecule has 0 atom stereocenters. The molecule has 0 bridgehead atoms. The summed E-state index contributed by atoms with van der Waals surface area (Å²) in [5.74, 6) is 2.94. The van der Waals surface area contributed by atoms with Gasteiger partial charge in [-0.25, -0.2) is 4.68 Å². The molecule has 1 aromatic heterocycles. The normalized spacial score (nSPS) is 10.4. The highest BCUT2D eigenvalue weighted by atomic mass is 16.5. The molecule has 30 heavy (non-hydrogen) atoms. The van der Waals surface area contributed by atoms with Crippen molar-refractivity contribution in [2.75, 3.05) is 33.8 Å². The Kier molecular flexibility index (Phi) is 6.79. The topological polar surface area (TPSA) is 83.8 Å². The molecule has 0 saturated heterocycles. The number of aromatic nitrogens is 2. The van der Waals surface area contributed by atoms with Gasteiger partial charge >= 0.3 is 0 Å². The predicted molar refractivity (Wildman–Crippen MR) is 113 cm³/mol. The summed E-state index contributed by atoms with van der Waals surface area (Å²) in [6.45, 7) is 0.412. The van der Waals surface area contributed by atoms with Gasteiger partial charge in [-0.3, -0.25) is 4.79 Å². The second-order valence-corrected chi connectivity index (χ2v) is 6.43. The Labute approximate surface area is 175 Å². The van der Waals surface area contributed by atoms with E-state index < -0.39 is 0 Å². The molecule has 0 unspecified atom stereocenters. The van der Waals surface area contributed by atoms with Crippen molar-refractivity contribution in [3.05, 3.63) is 59.8 Å². The van der Waals surface area contributed by atoms with Crippen molar-refractivity contribution in [1.29, 1.82) is 0 Å². The van der Waals surface area contributed by atoms with E-state index in [2.05, 4.69) is 10.4 Å². The van der Waals surface area contributed by atoms with Crippen LogP contribution in [0.2, 0.25) is 0 Å². The fraction of sp³-hybridized carbons (Fsp3) is 0.273. The minimum absolute atomic E-state index is 0.154. The molecule has 0 aliphatic heterocycles. The highest BCUT2D eigenvalue weighted by Gasteiger charge is 2.15. The summed E-state index contributed by atoms with van der Waals surface area (Å²) in [6, 6.07) is 12.7. The molecule has 0 fully saturated rings. The van der Waals surface area contributed by atoms with Crippen molar-refractivity contribution in [3.8, 4) is 23.0 Å². The van der Waals surface area contributed by atoms with E-state index in [0.717, 1.165) is 11.1 Å². The number of benzene rings is 2. The first-order valence-corrected chi connectivity index (χ1v) is 9.32. The first kappa shape index (κ1) is 21.0. The zero-order valence-electron chi connectivity index (χ0n) is 17.5. The quantitative estimate of drug-likeness (QED) is 0.582. The third-order valence-corrected chi connectivity index (χ3v) is 4.63. The van der Waals surface area contributed by atoms with Gasteiger partial charge in [-0.05, 0) is 12.1 Å². The van der Waals surface area contributed by atoms with Gasteiger partial charge in [-0.1, -0.05) is 18.2 Å². The number of nitrogens with zero attached hydrogens (tertiary/aromatic N) is 2. The van der Waals surface area contributed by atoms with Gasteiger partial charge < -0.3 is 24.3 Å². The molecule has 8 heteroatoms.